The van der Waals surface area contributed by atoms with E-state index in [1.807, 2.05) is 17.7 Å². The summed E-state index contributed by atoms with van der Waals surface area (Å²) < 4.78 is 23.0. The number of carbonyl (C=O) groups is 1. The molecule has 0 radical (unpaired) electrons. The molecule has 0 bridgehead atoms. The monoisotopic (exact) mass is 561 g/mol. The van der Waals surface area contributed by atoms with Crippen LogP contribution in [0, 0.1) is 5.92 Å². The number of alkyl halides is 1. The summed E-state index contributed by atoms with van der Waals surface area (Å²) in [6.45, 7) is 8.31. The van der Waals surface area contributed by atoms with Crippen molar-refractivity contribution in [2.75, 3.05) is 36.9 Å². The van der Waals surface area contributed by atoms with Gasteiger partial charge in [-0.05, 0) is 25.3 Å². The van der Waals surface area contributed by atoms with Crippen LogP contribution in [0.4, 0.5) is 22.0 Å². The topological polar surface area (TPSA) is 115 Å². The zero-order valence-electron chi connectivity index (χ0n) is 23.9. The predicted molar refractivity (Wildman–Crippen MR) is 154 cm³/mol. The third-order valence-corrected chi connectivity index (χ3v) is 7.62. The van der Waals surface area contributed by atoms with Gasteiger partial charge >= 0.3 is 0 Å². The molecule has 0 spiro atoms. The van der Waals surface area contributed by atoms with E-state index in [2.05, 4.69) is 62.0 Å². The number of amides is 1. The fourth-order valence-corrected chi connectivity index (χ4v) is 5.21. The summed E-state index contributed by atoms with van der Waals surface area (Å²) in [5.41, 5.74) is 2.36. The maximum absolute atomic E-state index is 12.9. The highest BCUT2D eigenvalue weighted by Crippen LogP contribution is 2.33. The summed E-state index contributed by atoms with van der Waals surface area (Å²) in [7, 11) is 1.91. The van der Waals surface area contributed by atoms with E-state index in [1.54, 1.807) is 24.5 Å². The zero-order chi connectivity index (χ0) is 28.7. The molecule has 2 N–H and O–H groups in total. The van der Waals surface area contributed by atoms with Crippen LogP contribution in [-0.2, 0) is 17.3 Å². The van der Waals surface area contributed by atoms with E-state index in [0.717, 1.165) is 43.6 Å². The van der Waals surface area contributed by atoms with Gasteiger partial charge in [0.15, 0.2) is 11.5 Å². The van der Waals surface area contributed by atoms with E-state index in [4.69, 9.17) is 9.84 Å². The Morgan fingerprint density at radius 3 is 2.71 bits per heavy atom. The molecular weight excluding hydrogens is 525 g/mol. The number of nitrogens with one attached hydrogen (secondary N) is 2. The van der Waals surface area contributed by atoms with Gasteiger partial charge in [0.1, 0.15) is 24.0 Å². The van der Waals surface area contributed by atoms with Crippen molar-refractivity contribution in [3.63, 3.8) is 0 Å². The molecule has 1 saturated heterocycles. The van der Waals surface area contributed by atoms with Gasteiger partial charge in [-0.3, -0.25) is 14.4 Å². The Kier molecular flexibility index (Phi) is 7.10. The zero-order valence-corrected chi connectivity index (χ0v) is 23.9. The Morgan fingerprint density at radius 2 is 1.95 bits per heavy atom. The first-order chi connectivity index (χ1) is 19.7. The van der Waals surface area contributed by atoms with E-state index < -0.39 is 0 Å². The highest BCUT2D eigenvalue weighted by Gasteiger charge is 2.31. The van der Waals surface area contributed by atoms with E-state index in [0.29, 0.717) is 41.3 Å². The highest BCUT2D eigenvalue weighted by atomic mass is 19.1. The van der Waals surface area contributed by atoms with Crippen LogP contribution in [0.15, 0.2) is 36.7 Å². The molecule has 1 saturated carbocycles. The van der Waals surface area contributed by atoms with Gasteiger partial charge in [0.2, 0.25) is 11.9 Å². The molecule has 11 nitrogen and oxygen atoms in total. The van der Waals surface area contributed by atoms with E-state index >= 15 is 0 Å². The van der Waals surface area contributed by atoms with Gasteiger partial charge in [0.05, 0.1) is 17.8 Å². The lowest BCUT2D eigenvalue weighted by atomic mass is 9.91. The smallest absolute Gasteiger partial charge is 0.228 e. The number of likely N-dealkylation sites (tertiary alicyclic amines) is 1. The second-order valence-electron chi connectivity index (χ2n) is 11.9. The Labute approximate surface area is 238 Å². The van der Waals surface area contributed by atoms with Crippen LogP contribution in [0.3, 0.4) is 0 Å². The van der Waals surface area contributed by atoms with Crippen LogP contribution >= 0.6 is 0 Å². The third-order valence-electron chi connectivity index (χ3n) is 7.62. The number of pyridine rings is 2. The van der Waals surface area contributed by atoms with Gasteiger partial charge in [-0.25, -0.2) is 14.4 Å². The summed E-state index contributed by atoms with van der Waals surface area (Å²) in [4.78, 5) is 27.7. The minimum absolute atomic E-state index is 0.00545. The molecule has 12 heteroatoms. The minimum atomic E-state index is -0.333. The van der Waals surface area contributed by atoms with Crippen molar-refractivity contribution >= 4 is 34.7 Å². The molecule has 2 fully saturated rings. The lowest BCUT2D eigenvalue weighted by Gasteiger charge is -2.23. The van der Waals surface area contributed by atoms with Crippen molar-refractivity contribution in [2.45, 2.75) is 51.5 Å². The summed E-state index contributed by atoms with van der Waals surface area (Å²) in [6.07, 6.45) is 6.02. The number of imidazole rings is 1. The van der Waals surface area contributed by atoms with Crippen molar-refractivity contribution in [1.82, 2.24) is 34.2 Å². The lowest BCUT2D eigenvalue weighted by Crippen LogP contribution is -2.26. The quantitative estimate of drug-likeness (QED) is 0.295. The summed E-state index contributed by atoms with van der Waals surface area (Å²) in [6, 6.07) is 7.58. The standard InChI is InChI=1S/C29H36FN9O2/c1-29(2,3)23-15-25(36-39(23)19-8-11-38(17-19)12-9-30)34-28-35-26-22(37(28)4)13-21(16-32-26)41-20-7-10-31-24(14-20)33-27(40)18-5-6-18/h7,10,13-16,18-19H,5-6,8-9,11-12,17H2,1-4H3,(H,31,33,40)(H,32,34,35,36)/t19-/m0/s1. The second kappa shape index (κ2) is 10.7. The second-order valence-corrected chi connectivity index (χ2v) is 11.9. The maximum atomic E-state index is 12.9. The SMILES string of the molecule is Cn1c(Nc2cc(C(C)(C)C)n([C@H]3CCN(CCF)C3)n2)nc2ncc(Oc3ccnc(NC(=O)C4CC4)c3)cc21. The van der Waals surface area contributed by atoms with Crippen molar-refractivity contribution in [3.8, 4) is 11.5 Å². The molecule has 1 amide bonds. The number of carbonyl (C=O) groups excluding carboxylic acids is 1. The number of hydrogen-bond donors (Lipinski definition) is 2. The number of hydrogen-bond acceptors (Lipinski definition) is 8. The molecule has 6 rings (SSSR count). The minimum Gasteiger partial charge on any atom is -0.455 e. The average molecular weight is 562 g/mol. The van der Waals surface area contributed by atoms with Gasteiger partial charge in [0, 0.05) is 68.1 Å². The molecule has 4 aromatic heterocycles. The normalized spacial score (nSPS) is 17.7. The first-order valence-electron chi connectivity index (χ1n) is 14.1. The van der Waals surface area contributed by atoms with Crippen LogP contribution in [0.2, 0.25) is 0 Å². The molecule has 0 aromatic carbocycles. The highest BCUT2D eigenvalue weighted by molar-refractivity contribution is 5.93. The van der Waals surface area contributed by atoms with Crippen LogP contribution in [0.25, 0.3) is 11.2 Å². The van der Waals surface area contributed by atoms with E-state index in [1.165, 1.54) is 0 Å². The van der Waals surface area contributed by atoms with Crippen LogP contribution in [0.5, 0.6) is 11.5 Å². The number of nitrogens with zero attached hydrogens (tertiary/aromatic N) is 7. The van der Waals surface area contributed by atoms with Crippen molar-refractivity contribution in [2.24, 2.45) is 13.0 Å². The van der Waals surface area contributed by atoms with Gasteiger partial charge in [-0.15, -0.1) is 0 Å². The first-order valence-corrected chi connectivity index (χ1v) is 14.1. The Balaban J connectivity index is 1.21. The molecule has 4 aromatic rings. The fraction of sp³-hybridized carbons (Fsp3) is 0.483. The number of rotatable bonds is 9. The Hall–Kier alpha value is -4.06. The fourth-order valence-electron chi connectivity index (χ4n) is 5.21. The number of aryl methyl sites for hydroxylation is 1. The molecule has 216 valence electrons. The van der Waals surface area contributed by atoms with Gasteiger partial charge < -0.3 is 19.9 Å². The van der Waals surface area contributed by atoms with Gasteiger partial charge in [-0.2, -0.15) is 10.1 Å². The van der Waals surface area contributed by atoms with Gasteiger partial charge in [0.25, 0.3) is 0 Å². The molecule has 5 heterocycles. The number of aromatic nitrogens is 6. The van der Waals surface area contributed by atoms with Gasteiger partial charge in [-0.1, -0.05) is 20.8 Å². The lowest BCUT2D eigenvalue weighted by molar-refractivity contribution is -0.117. The summed E-state index contributed by atoms with van der Waals surface area (Å²) >= 11 is 0. The number of anilines is 3. The summed E-state index contributed by atoms with van der Waals surface area (Å²) in [5, 5.41) is 11.2. The largest absolute Gasteiger partial charge is 0.455 e. The number of ether oxygens (including phenoxy) is 1. The first kappa shape index (κ1) is 27.1. The van der Waals surface area contributed by atoms with Crippen molar-refractivity contribution in [1.29, 1.82) is 0 Å². The van der Waals surface area contributed by atoms with Crippen LogP contribution in [0.1, 0.15) is 51.8 Å². The Bertz CT molecular complexity index is 1570. The number of halogens is 1. The average Bonchev–Trinajstić information content (AvgIpc) is 3.41. The van der Waals surface area contributed by atoms with Crippen LogP contribution < -0.4 is 15.4 Å². The van der Waals surface area contributed by atoms with E-state index in [9.17, 15) is 9.18 Å². The maximum Gasteiger partial charge on any atom is 0.228 e. The molecule has 41 heavy (non-hydrogen) atoms. The predicted octanol–water partition coefficient (Wildman–Crippen LogP) is 4.96. The molecule has 1 atom stereocenters. The number of fused-ring (bicyclic) bond motifs is 1. The third kappa shape index (κ3) is 5.88. The van der Waals surface area contributed by atoms with Crippen molar-refractivity contribution in [3.05, 3.63) is 42.4 Å². The molecule has 2 aliphatic rings. The Morgan fingerprint density at radius 1 is 1.12 bits per heavy atom. The van der Waals surface area contributed by atoms with Crippen LogP contribution in [-0.4, -0.2) is 66.4 Å². The van der Waals surface area contributed by atoms with E-state index in [-0.39, 0.29) is 30.0 Å². The molecule has 1 aliphatic carbocycles. The molecular formula is C29H36FN9O2. The van der Waals surface area contributed by atoms with Crippen molar-refractivity contribution < 1.29 is 13.9 Å². The summed E-state index contributed by atoms with van der Waals surface area (Å²) in [5.74, 6) is 2.94. The molecule has 0 unspecified atom stereocenters. The molecule has 1 aliphatic heterocycles.